The Morgan fingerprint density at radius 2 is 1.57 bits per heavy atom. The molecule has 1 fully saturated rings. The number of guanidine groups is 1. The molecule has 1 amide bonds. The summed E-state index contributed by atoms with van der Waals surface area (Å²) >= 11 is 0. The van der Waals surface area contributed by atoms with Gasteiger partial charge in [-0.1, -0.05) is 17.7 Å². The summed E-state index contributed by atoms with van der Waals surface area (Å²) in [5, 5.41) is 11.7. The van der Waals surface area contributed by atoms with E-state index in [0.717, 1.165) is 35.2 Å². The van der Waals surface area contributed by atoms with Crippen molar-refractivity contribution in [1.82, 2.24) is 9.80 Å². The Morgan fingerprint density at radius 3 is 2.09 bits per heavy atom. The summed E-state index contributed by atoms with van der Waals surface area (Å²) in [5.41, 5.74) is 12.4. The predicted molar refractivity (Wildman–Crippen MR) is 162 cm³/mol. The number of methoxy groups -OCH3 is 1. The highest BCUT2D eigenvalue weighted by molar-refractivity contribution is 5.78. The van der Waals surface area contributed by atoms with Crippen LogP contribution in [0.4, 0.5) is 36.8 Å². The number of fused-ring (bicyclic) bond motifs is 1. The van der Waals surface area contributed by atoms with Gasteiger partial charge in [-0.2, -0.15) is 26.3 Å². The van der Waals surface area contributed by atoms with Gasteiger partial charge in [-0.05, 0) is 87.4 Å². The first kappa shape index (κ1) is 36.6. The summed E-state index contributed by atoms with van der Waals surface area (Å²) in [6, 6.07) is 4.72. The van der Waals surface area contributed by atoms with Gasteiger partial charge >= 0.3 is 18.4 Å². The number of hydrogen-bond donors (Lipinski definition) is 3. The van der Waals surface area contributed by atoms with Crippen molar-refractivity contribution in [3.8, 4) is 0 Å². The summed E-state index contributed by atoms with van der Waals surface area (Å²) in [6.07, 6.45) is -7.76. The zero-order chi connectivity index (χ0) is 34.4. The summed E-state index contributed by atoms with van der Waals surface area (Å²) in [7, 11) is 2.85. The molecule has 4 rings (SSSR count). The Bertz CT molecular complexity index is 1360. The van der Waals surface area contributed by atoms with Gasteiger partial charge in [-0.15, -0.1) is 5.11 Å². The third-order valence-corrected chi connectivity index (χ3v) is 8.34. The molecule has 2 aromatic carbocycles. The van der Waals surface area contributed by atoms with Crippen molar-refractivity contribution in [2.45, 2.75) is 64.5 Å². The van der Waals surface area contributed by atoms with Crippen LogP contribution in [0.3, 0.4) is 0 Å². The van der Waals surface area contributed by atoms with Gasteiger partial charge in [-0.25, -0.2) is 10.3 Å². The molecule has 254 valence electrons. The predicted octanol–water partition coefficient (Wildman–Crippen LogP) is 7.50. The number of carbonyl (C=O) groups excluding carboxylic acids is 1. The first-order valence-corrected chi connectivity index (χ1v) is 14.9. The molecule has 0 aromatic heterocycles. The topological polar surface area (TPSA) is 122 Å². The number of benzene rings is 2. The molecular weight excluding hydrogens is 616 g/mol. The molecule has 2 aromatic rings. The standard InChI is InChI=1S/C30H36F6N6O2.CH5N/c1-18-11-19(2)26-24(12-18)25(5-4-8-41(26)16-20-6-9-40(10-7-20)28(43)44-3)42(27(37)39-38)17-21-13-22(29(31,32)33)15-23(14-21)30(34,35)36;1-2/h11-15,20,25,37-38H,4-10,16-17H2,1-3H3;2H2,1H3/t25-;/m1./s1. The van der Waals surface area contributed by atoms with Crippen LogP contribution in [0.15, 0.2) is 35.4 Å². The molecular formula is C31H41F6N7O2. The molecule has 0 aliphatic carbocycles. The number of ether oxygens (including phenoxy) is 1. The van der Waals surface area contributed by atoms with Gasteiger partial charge in [0.2, 0.25) is 5.96 Å². The molecule has 15 heteroatoms. The maximum Gasteiger partial charge on any atom is 0.416 e. The second-order valence-electron chi connectivity index (χ2n) is 11.5. The van der Waals surface area contributed by atoms with Crippen molar-refractivity contribution in [3.63, 3.8) is 0 Å². The number of anilines is 1. The lowest BCUT2D eigenvalue weighted by Gasteiger charge is -2.37. The highest BCUT2D eigenvalue weighted by atomic mass is 19.4. The minimum absolute atomic E-state index is 0.0786. The minimum atomic E-state index is -5.01. The average Bonchev–Trinajstić information content (AvgIpc) is 3.18. The molecule has 0 spiro atoms. The highest BCUT2D eigenvalue weighted by Gasteiger charge is 2.38. The van der Waals surface area contributed by atoms with Gasteiger partial charge in [0.1, 0.15) is 0 Å². The molecule has 0 saturated carbocycles. The van der Waals surface area contributed by atoms with Crippen LogP contribution in [-0.2, 0) is 23.6 Å². The Hall–Kier alpha value is -3.88. The number of amides is 1. The number of likely N-dealkylation sites (tertiary alicyclic amines) is 1. The molecule has 2 aliphatic heterocycles. The Balaban J connectivity index is 0.00000282. The molecule has 1 atom stereocenters. The van der Waals surface area contributed by atoms with E-state index in [9.17, 15) is 31.1 Å². The zero-order valence-electron chi connectivity index (χ0n) is 26.4. The van der Waals surface area contributed by atoms with Crippen LogP contribution in [0.25, 0.3) is 0 Å². The molecule has 0 unspecified atom stereocenters. The van der Waals surface area contributed by atoms with E-state index in [4.69, 9.17) is 15.7 Å². The van der Waals surface area contributed by atoms with Gasteiger partial charge < -0.3 is 25.2 Å². The molecule has 2 aliphatic rings. The fourth-order valence-electron chi connectivity index (χ4n) is 6.37. The van der Waals surface area contributed by atoms with Crippen LogP contribution in [0.2, 0.25) is 0 Å². The average molecular weight is 658 g/mol. The summed E-state index contributed by atoms with van der Waals surface area (Å²) in [4.78, 5) is 17.2. The van der Waals surface area contributed by atoms with Gasteiger partial charge in [0.25, 0.3) is 0 Å². The van der Waals surface area contributed by atoms with Crippen LogP contribution in [0.5, 0.6) is 0 Å². The number of hydrogen-bond acceptors (Lipinski definition) is 6. The minimum Gasteiger partial charge on any atom is -0.453 e. The smallest absolute Gasteiger partial charge is 0.416 e. The highest BCUT2D eigenvalue weighted by Crippen LogP contribution is 2.42. The third-order valence-electron chi connectivity index (χ3n) is 8.34. The van der Waals surface area contributed by atoms with Crippen molar-refractivity contribution < 1.29 is 35.9 Å². The number of carbonyl (C=O) groups is 1. The van der Waals surface area contributed by atoms with Crippen LogP contribution in [0, 0.1) is 30.7 Å². The van der Waals surface area contributed by atoms with E-state index in [-0.39, 0.29) is 23.6 Å². The number of aryl methyl sites for hydroxylation is 2. The monoisotopic (exact) mass is 657 g/mol. The van der Waals surface area contributed by atoms with Crippen molar-refractivity contribution >= 4 is 17.7 Å². The van der Waals surface area contributed by atoms with Crippen molar-refractivity contribution in [1.29, 1.82) is 10.9 Å². The maximum atomic E-state index is 13.6. The second-order valence-corrected chi connectivity index (χ2v) is 11.5. The van der Waals surface area contributed by atoms with E-state index in [1.807, 2.05) is 26.0 Å². The number of rotatable bonds is 5. The van der Waals surface area contributed by atoms with Gasteiger partial charge in [-0.3, -0.25) is 5.41 Å². The number of nitrogens with two attached hydrogens (primary N) is 1. The third kappa shape index (κ3) is 8.68. The van der Waals surface area contributed by atoms with Crippen LogP contribution < -0.4 is 10.6 Å². The molecule has 0 radical (unpaired) electrons. The summed E-state index contributed by atoms with van der Waals surface area (Å²) in [5.74, 6) is -0.278. The van der Waals surface area contributed by atoms with Gasteiger partial charge in [0.05, 0.1) is 24.3 Å². The first-order valence-electron chi connectivity index (χ1n) is 14.9. The maximum absolute atomic E-state index is 13.6. The lowest BCUT2D eigenvalue weighted by atomic mass is 9.93. The largest absolute Gasteiger partial charge is 0.453 e. The molecule has 9 nitrogen and oxygen atoms in total. The zero-order valence-corrected chi connectivity index (χ0v) is 26.4. The molecule has 2 heterocycles. The van der Waals surface area contributed by atoms with Crippen LogP contribution in [-0.4, -0.2) is 62.2 Å². The lowest BCUT2D eigenvalue weighted by Crippen LogP contribution is -2.42. The normalized spacial score (nSPS) is 17.3. The molecule has 1 saturated heterocycles. The van der Waals surface area contributed by atoms with Crippen molar-refractivity contribution in [2.75, 3.05) is 45.2 Å². The number of nitrogens with one attached hydrogen (secondary N) is 2. The van der Waals surface area contributed by atoms with E-state index < -0.39 is 42.0 Å². The molecule has 0 bridgehead atoms. The van der Waals surface area contributed by atoms with Crippen LogP contribution in [0.1, 0.15) is 65.1 Å². The summed E-state index contributed by atoms with van der Waals surface area (Å²) in [6.45, 7) is 5.86. The van der Waals surface area contributed by atoms with E-state index in [0.29, 0.717) is 51.2 Å². The van der Waals surface area contributed by atoms with E-state index >= 15 is 0 Å². The van der Waals surface area contributed by atoms with Gasteiger partial charge in [0.15, 0.2) is 0 Å². The summed E-state index contributed by atoms with van der Waals surface area (Å²) < 4.78 is 86.5. The number of piperidine rings is 1. The quantitative estimate of drug-likeness (QED) is 0.133. The van der Waals surface area contributed by atoms with Crippen LogP contribution >= 0.6 is 0 Å². The second kappa shape index (κ2) is 15.1. The Morgan fingerprint density at radius 1 is 0.978 bits per heavy atom. The van der Waals surface area contributed by atoms with E-state index in [2.05, 4.69) is 15.7 Å². The SMILES string of the molecule is CN.COC(=O)N1CCC(CN2CCC[C@@H](N(Cc3cc(C(F)(F)F)cc(C(F)(F)F)c3)C(=N)N=N)c3cc(C)cc(C)c32)CC1. The van der Waals surface area contributed by atoms with Crippen molar-refractivity contribution in [2.24, 2.45) is 16.8 Å². The van der Waals surface area contributed by atoms with E-state index in [1.165, 1.54) is 19.1 Å². The van der Waals surface area contributed by atoms with Crippen molar-refractivity contribution in [3.05, 3.63) is 63.7 Å². The fourth-order valence-corrected chi connectivity index (χ4v) is 6.37. The van der Waals surface area contributed by atoms with Gasteiger partial charge in [0, 0.05) is 38.4 Å². The first-order chi connectivity index (χ1) is 21.6. The Labute approximate surface area is 264 Å². The number of alkyl halides is 6. The van der Waals surface area contributed by atoms with E-state index in [1.54, 1.807) is 4.90 Å². The fraction of sp³-hybridized carbons (Fsp3) is 0.548. The molecule has 4 N–H and O–H groups in total. The Kier molecular flexibility index (Phi) is 12.0. The lowest BCUT2D eigenvalue weighted by molar-refractivity contribution is -0.143. The number of halogens is 6. The number of nitrogens with zero attached hydrogens (tertiary/aromatic N) is 4. The molecule has 46 heavy (non-hydrogen) atoms.